The van der Waals surface area contributed by atoms with Crippen LogP contribution in [0.1, 0.15) is 72.4 Å². The molecule has 0 radical (unpaired) electrons. The van der Waals surface area contributed by atoms with Crippen LogP contribution in [-0.2, 0) is 22.4 Å². The van der Waals surface area contributed by atoms with Gasteiger partial charge in [0.2, 0.25) is 0 Å². The van der Waals surface area contributed by atoms with Crippen molar-refractivity contribution in [2.24, 2.45) is 5.92 Å². The maximum absolute atomic E-state index is 12.6. The SMILES string of the molecule is CC[C@@H]1CCC(=O)CC(=O)/C=C/c2cc(OC)c(O)c3c2C=Cc2c(cc4ccccc4c2CC1)C3. The maximum atomic E-state index is 12.6. The van der Waals surface area contributed by atoms with E-state index in [2.05, 4.69) is 49.4 Å². The Morgan fingerprint density at radius 1 is 0.917 bits per heavy atom. The molecule has 0 unspecified atom stereocenters. The number of fused-ring (bicyclic) bond motifs is 2. The van der Waals surface area contributed by atoms with Gasteiger partial charge in [0.15, 0.2) is 17.3 Å². The van der Waals surface area contributed by atoms with Crippen molar-refractivity contribution in [3.63, 3.8) is 0 Å². The zero-order valence-electron chi connectivity index (χ0n) is 21.0. The number of ketones is 2. The second-order valence-corrected chi connectivity index (χ2v) is 9.93. The van der Waals surface area contributed by atoms with Crippen LogP contribution in [0.3, 0.4) is 0 Å². The molecule has 2 bridgehead atoms. The lowest BCUT2D eigenvalue weighted by molar-refractivity contribution is -0.124. The molecule has 2 aliphatic rings. The summed E-state index contributed by atoms with van der Waals surface area (Å²) in [6.45, 7) is 2.18. The van der Waals surface area contributed by atoms with Gasteiger partial charge in [0.25, 0.3) is 0 Å². The average molecular weight is 481 g/mol. The summed E-state index contributed by atoms with van der Waals surface area (Å²) in [6.07, 6.45) is 12.1. The van der Waals surface area contributed by atoms with E-state index in [0.717, 1.165) is 42.4 Å². The molecule has 3 aromatic rings. The van der Waals surface area contributed by atoms with Crippen molar-refractivity contribution in [3.05, 3.63) is 75.9 Å². The van der Waals surface area contributed by atoms with E-state index in [1.807, 2.05) is 0 Å². The van der Waals surface area contributed by atoms with Gasteiger partial charge in [-0.25, -0.2) is 0 Å². The van der Waals surface area contributed by atoms with Gasteiger partial charge >= 0.3 is 0 Å². The van der Waals surface area contributed by atoms with E-state index in [9.17, 15) is 14.7 Å². The van der Waals surface area contributed by atoms with Crippen LogP contribution in [0.4, 0.5) is 0 Å². The van der Waals surface area contributed by atoms with Gasteiger partial charge in [-0.3, -0.25) is 9.59 Å². The second kappa shape index (κ2) is 10.1. The molecular weight excluding hydrogens is 448 g/mol. The predicted molar refractivity (Wildman–Crippen MR) is 145 cm³/mol. The Balaban J connectivity index is 1.74. The van der Waals surface area contributed by atoms with E-state index in [0.29, 0.717) is 24.5 Å². The number of benzene rings is 3. The van der Waals surface area contributed by atoms with Crippen molar-refractivity contribution in [2.45, 2.75) is 51.9 Å². The number of carbonyl (C=O) groups excluding carboxylic acids is 2. The van der Waals surface area contributed by atoms with Crippen LogP contribution in [0.15, 0.2) is 42.5 Å². The minimum Gasteiger partial charge on any atom is -0.504 e. The fourth-order valence-corrected chi connectivity index (χ4v) is 5.68. The first-order chi connectivity index (χ1) is 17.5. The quantitative estimate of drug-likeness (QED) is 0.316. The number of Topliss-reactive ketones (excluding diaryl/α,β-unsaturated/α-hetero) is 1. The smallest absolute Gasteiger partial charge is 0.163 e. The van der Waals surface area contributed by atoms with Crippen LogP contribution in [0.25, 0.3) is 29.0 Å². The molecule has 0 saturated heterocycles. The lowest BCUT2D eigenvalue weighted by atomic mass is 9.86. The lowest BCUT2D eigenvalue weighted by Gasteiger charge is -2.19. The molecule has 0 amide bonds. The highest BCUT2D eigenvalue weighted by atomic mass is 16.5. The number of hydrogen-bond donors (Lipinski definition) is 1. The Bertz CT molecular complexity index is 1410. The van der Waals surface area contributed by atoms with Crippen LogP contribution >= 0.6 is 0 Å². The van der Waals surface area contributed by atoms with Crippen LogP contribution in [0.2, 0.25) is 0 Å². The Kier molecular flexibility index (Phi) is 6.77. The third-order valence-corrected chi connectivity index (χ3v) is 7.76. The van der Waals surface area contributed by atoms with Crippen LogP contribution < -0.4 is 4.74 Å². The molecule has 3 aromatic carbocycles. The Morgan fingerprint density at radius 3 is 2.50 bits per heavy atom. The standard InChI is InChI=1S/C32H32O4/c1-3-20-8-11-24(33)19-25(34)12-10-22-18-31(36-2)32(35)30-17-23-16-21-6-4-5-7-26(21)29(13-9-20)28(23)15-14-27(22)30/h4-7,10,12,14-16,18,20,35H,3,8-9,11,13,17,19H2,1-2H3/b12-10+/t20-/m1/s1. The zero-order chi connectivity index (χ0) is 25.2. The van der Waals surface area contributed by atoms with Gasteiger partial charge in [-0.15, -0.1) is 0 Å². The number of aryl methyl sites for hydroxylation is 1. The first-order valence-corrected chi connectivity index (χ1v) is 12.9. The summed E-state index contributed by atoms with van der Waals surface area (Å²) in [5.74, 6) is 0.724. The summed E-state index contributed by atoms with van der Waals surface area (Å²) in [6, 6.07) is 12.5. The maximum Gasteiger partial charge on any atom is 0.163 e. The van der Waals surface area contributed by atoms with Gasteiger partial charge in [-0.05, 0) is 75.9 Å². The third-order valence-electron chi connectivity index (χ3n) is 7.76. The Labute approximate surface area is 212 Å². The lowest BCUT2D eigenvalue weighted by Crippen LogP contribution is -2.09. The van der Waals surface area contributed by atoms with Crippen molar-refractivity contribution in [1.29, 1.82) is 0 Å². The fourth-order valence-electron chi connectivity index (χ4n) is 5.68. The molecule has 0 saturated carbocycles. The molecular formula is C32H32O4. The molecule has 4 heteroatoms. The molecule has 0 aromatic heterocycles. The van der Waals surface area contributed by atoms with Crippen LogP contribution in [-0.4, -0.2) is 23.8 Å². The zero-order valence-corrected chi connectivity index (χ0v) is 21.0. The number of methoxy groups -OCH3 is 1. The highest BCUT2D eigenvalue weighted by Crippen LogP contribution is 2.42. The summed E-state index contributed by atoms with van der Waals surface area (Å²) < 4.78 is 5.49. The van der Waals surface area contributed by atoms with E-state index in [-0.39, 0.29) is 23.7 Å². The molecule has 36 heavy (non-hydrogen) atoms. The molecule has 184 valence electrons. The third kappa shape index (κ3) is 4.60. The van der Waals surface area contributed by atoms with E-state index < -0.39 is 0 Å². The molecule has 4 nitrogen and oxygen atoms in total. The largest absolute Gasteiger partial charge is 0.504 e. The Morgan fingerprint density at radius 2 is 1.69 bits per heavy atom. The molecule has 0 fully saturated rings. The summed E-state index contributed by atoms with van der Waals surface area (Å²) >= 11 is 0. The number of phenols is 1. The summed E-state index contributed by atoms with van der Waals surface area (Å²) in [5, 5.41) is 13.6. The number of rotatable bonds is 2. The Hall–Kier alpha value is -3.66. The summed E-state index contributed by atoms with van der Waals surface area (Å²) in [7, 11) is 1.53. The number of allylic oxidation sites excluding steroid dienone is 1. The van der Waals surface area contributed by atoms with Gasteiger partial charge < -0.3 is 9.84 Å². The second-order valence-electron chi connectivity index (χ2n) is 9.93. The highest BCUT2D eigenvalue weighted by molar-refractivity contribution is 6.06. The van der Waals surface area contributed by atoms with Crippen LogP contribution in [0.5, 0.6) is 11.5 Å². The summed E-state index contributed by atoms with van der Waals surface area (Å²) in [4.78, 5) is 25.1. The predicted octanol–water partition coefficient (Wildman–Crippen LogP) is 6.92. The van der Waals surface area contributed by atoms with Gasteiger partial charge in [-0.2, -0.15) is 0 Å². The van der Waals surface area contributed by atoms with Gasteiger partial charge in [0, 0.05) is 18.4 Å². The average Bonchev–Trinajstić information content (AvgIpc) is 3.07. The fraction of sp³-hybridized carbons (Fsp3) is 0.312. The molecule has 0 heterocycles. The summed E-state index contributed by atoms with van der Waals surface area (Å²) in [5.41, 5.74) is 6.13. The van der Waals surface area contributed by atoms with Crippen molar-refractivity contribution in [3.8, 4) is 11.5 Å². The molecule has 2 aliphatic carbocycles. The minimum atomic E-state index is -0.199. The minimum absolute atomic E-state index is 0.00302. The highest BCUT2D eigenvalue weighted by Gasteiger charge is 2.23. The first-order valence-electron chi connectivity index (χ1n) is 12.9. The van der Waals surface area contributed by atoms with Gasteiger partial charge in [0.1, 0.15) is 5.78 Å². The van der Waals surface area contributed by atoms with Crippen molar-refractivity contribution < 1.29 is 19.4 Å². The van der Waals surface area contributed by atoms with Gasteiger partial charge in [0.05, 0.1) is 13.5 Å². The molecule has 1 N–H and O–H groups in total. The van der Waals surface area contributed by atoms with Crippen molar-refractivity contribution >= 4 is 40.6 Å². The number of aromatic hydroxyl groups is 1. The van der Waals surface area contributed by atoms with Gasteiger partial charge in [-0.1, -0.05) is 61.9 Å². The molecule has 0 spiro atoms. The first kappa shape index (κ1) is 24.1. The van der Waals surface area contributed by atoms with Crippen molar-refractivity contribution in [2.75, 3.05) is 7.11 Å². The number of ether oxygens (including phenoxy) is 1. The number of phenolic OH excluding ortho intramolecular Hbond substituents is 1. The number of carbonyl (C=O) groups is 2. The van der Waals surface area contributed by atoms with E-state index in [1.165, 1.54) is 40.6 Å². The molecule has 0 aliphatic heterocycles. The normalized spacial score (nSPS) is 18.9. The number of hydrogen-bond acceptors (Lipinski definition) is 4. The van der Waals surface area contributed by atoms with E-state index in [1.54, 1.807) is 12.1 Å². The van der Waals surface area contributed by atoms with Crippen LogP contribution in [0, 0.1) is 5.92 Å². The van der Waals surface area contributed by atoms with Crippen molar-refractivity contribution in [1.82, 2.24) is 0 Å². The molecule has 1 atom stereocenters. The monoisotopic (exact) mass is 480 g/mol. The molecule has 5 rings (SSSR count). The van der Waals surface area contributed by atoms with E-state index in [4.69, 9.17) is 4.74 Å². The topological polar surface area (TPSA) is 63.6 Å². The van der Waals surface area contributed by atoms with E-state index >= 15 is 0 Å².